The summed E-state index contributed by atoms with van der Waals surface area (Å²) in [5, 5.41) is 8.73. The van der Waals surface area contributed by atoms with Crippen molar-refractivity contribution in [2.24, 2.45) is 0 Å². The van der Waals surface area contributed by atoms with Gasteiger partial charge in [0.1, 0.15) is 0 Å². The lowest BCUT2D eigenvalue weighted by molar-refractivity contribution is 1.16. The van der Waals surface area contributed by atoms with Crippen LogP contribution in [0.5, 0.6) is 0 Å². The third-order valence-electron chi connectivity index (χ3n) is 10.1. The maximum absolute atomic E-state index is 5.24. The summed E-state index contributed by atoms with van der Waals surface area (Å²) in [5.41, 5.74) is 9.81. The van der Waals surface area contributed by atoms with Crippen molar-refractivity contribution in [3.8, 4) is 28.3 Å². The van der Waals surface area contributed by atoms with Crippen LogP contribution in [0.2, 0.25) is 0 Å². The Hall–Kier alpha value is -6.36. The Bertz CT molecular complexity index is 3050. The van der Waals surface area contributed by atoms with Crippen molar-refractivity contribution in [1.82, 2.24) is 14.5 Å². The van der Waals surface area contributed by atoms with Crippen molar-refractivity contribution in [2.45, 2.75) is 6.92 Å². The Labute approximate surface area is 299 Å². The van der Waals surface area contributed by atoms with Crippen LogP contribution in [0.3, 0.4) is 0 Å². The third-order valence-corrected chi connectivity index (χ3v) is 11.3. The second-order valence-electron chi connectivity index (χ2n) is 13.0. The van der Waals surface area contributed by atoms with E-state index < -0.39 is 0 Å². The summed E-state index contributed by atoms with van der Waals surface area (Å²) in [4.78, 5) is 10.4. The Kier molecular flexibility index (Phi) is 6.73. The van der Waals surface area contributed by atoms with Gasteiger partial charge >= 0.3 is 0 Å². The number of para-hydroxylation sites is 1. The minimum atomic E-state index is 0.707. The molecule has 0 N–H and O–H groups in total. The van der Waals surface area contributed by atoms with E-state index in [9.17, 15) is 0 Å². The number of thiophene rings is 1. The molecule has 240 valence electrons. The van der Waals surface area contributed by atoms with Crippen LogP contribution in [0, 0.1) is 6.92 Å². The molecule has 3 heterocycles. The molecule has 51 heavy (non-hydrogen) atoms. The maximum Gasteiger partial charge on any atom is 0.160 e. The highest BCUT2D eigenvalue weighted by Crippen LogP contribution is 2.48. The number of hydrogen-bond donors (Lipinski definition) is 0. The van der Waals surface area contributed by atoms with E-state index in [0.29, 0.717) is 5.82 Å². The topological polar surface area (TPSA) is 30.7 Å². The number of allylic oxidation sites excluding steroid dienone is 2. The summed E-state index contributed by atoms with van der Waals surface area (Å²) in [5.74, 6) is 0.707. The normalized spacial score (nSPS) is 12.0. The molecule has 3 nitrogen and oxygen atoms in total. The number of benzene rings is 7. The minimum absolute atomic E-state index is 0.707. The van der Waals surface area contributed by atoms with E-state index in [1.165, 1.54) is 63.9 Å². The predicted octanol–water partition coefficient (Wildman–Crippen LogP) is 13.1. The zero-order valence-corrected chi connectivity index (χ0v) is 28.8. The molecule has 0 bridgehead atoms. The van der Waals surface area contributed by atoms with Gasteiger partial charge in [-0.15, -0.1) is 11.3 Å². The molecule has 0 radical (unpaired) electrons. The predicted molar refractivity (Wildman–Crippen MR) is 219 cm³/mol. The number of fused-ring (bicyclic) bond motifs is 11. The zero-order valence-electron chi connectivity index (χ0n) is 28.0. The summed E-state index contributed by atoms with van der Waals surface area (Å²) in [6.45, 7) is 6.18. The van der Waals surface area contributed by atoms with E-state index in [1.807, 2.05) is 35.6 Å². The van der Waals surface area contributed by atoms with Gasteiger partial charge in [-0.1, -0.05) is 140 Å². The SMILES string of the molecule is C=C/C=C\c1ccc2c3c4ccccc4c4c5ccccc5sc4c3n(-c3cccc(-c4nc(-c5ccccc5)c5ccccc5n4)c3)c2c1C. The number of aryl methyl sites for hydroxylation is 1. The van der Waals surface area contributed by atoms with Crippen LogP contribution in [0.4, 0.5) is 0 Å². The highest BCUT2D eigenvalue weighted by atomic mass is 32.1. The fourth-order valence-electron chi connectivity index (χ4n) is 7.86. The number of nitrogens with zero attached hydrogens (tertiary/aromatic N) is 3. The molecule has 0 amide bonds. The Morgan fingerprint density at radius 1 is 0.608 bits per heavy atom. The van der Waals surface area contributed by atoms with Crippen molar-refractivity contribution in [1.29, 1.82) is 0 Å². The summed E-state index contributed by atoms with van der Waals surface area (Å²) < 4.78 is 5.08. The Morgan fingerprint density at radius 2 is 1.31 bits per heavy atom. The molecular weight excluding hydrogens is 639 g/mol. The quantitative estimate of drug-likeness (QED) is 0.171. The van der Waals surface area contributed by atoms with Gasteiger partial charge in [-0.3, -0.25) is 0 Å². The fourth-order valence-corrected chi connectivity index (χ4v) is 9.12. The highest BCUT2D eigenvalue weighted by molar-refractivity contribution is 7.27. The van der Waals surface area contributed by atoms with E-state index >= 15 is 0 Å². The van der Waals surface area contributed by atoms with Crippen LogP contribution < -0.4 is 0 Å². The first-order valence-corrected chi connectivity index (χ1v) is 18.0. The Balaban J connectivity index is 1.33. The van der Waals surface area contributed by atoms with Crippen LogP contribution >= 0.6 is 11.3 Å². The summed E-state index contributed by atoms with van der Waals surface area (Å²) in [7, 11) is 0. The molecule has 0 saturated carbocycles. The minimum Gasteiger partial charge on any atom is -0.307 e. The third kappa shape index (κ3) is 4.50. The highest BCUT2D eigenvalue weighted by Gasteiger charge is 2.23. The first-order chi connectivity index (χ1) is 25.2. The van der Waals surface area contributed by atoms with Crippen molar-refractivity contribution >= 4 is 81.1 Å². The van der Waals surface area contributed by atoms with Crippen molar-refractivity contribution in [3.05, 3.63) is 169 Å². The largest absolute Gasteiger partial charge is 0.307 e. The van der Waals surface area contributed by atoms with E-state index in [4.69, 9.17) is 9.97 Å². The standard InChI is InChI=1S/C47H31N3S/c1-3-4-15-30-26-27-38-41-34-20-8-9-21-35(34)42-37-23-11-13-25-40(37)51-46(42)45(41)50(44(38)29(30)2)33-19-14-18-32(28-33)47-48-39-24-12-10-22-36(39)43(49-47)31-16-6-5-7-17-31/h3-28H,1H2,2H3/b15-4-. The number of aromatic nitrogens is 3. The molecule has 10 aromatic rings. The Morgan fingerprint density at radius 3 is 2.14 bits per heavy atom. The molecule has 0 atom stereocenters. The van der Waals surface area contributed by atoms with E-state index in [-0.39, 0.29) is 0 Å². The zero-order chi connectivity index (χ0) is 34.1. The molecule has 3 aromatic heterocycles. The van der Waals surface area contributed by atoms with Crippen molar-refractivity contribution in [3.63, 3.8) is 0 Å². The van der Waals surface area contributed by atoms with Gasteiger partial charge in [-0.05, 0) is 53.1 Å². The first-order valence-electron chi connectivity index (χ1n) is 17.2. The smallest absolute Gasteiger partial charge is 0.160 e. The van der Waals surface area contributed by atoms with Crippen LogP contribution in [0.15, 0.2) is 158 Å². The van der Waals surface area contributed by atoms with Crippen LogP contribution in [0.1, 0.15) is 11.1 Å². The van der Waals surface area contributed by atoms with Gasteiger partial charge in [-0.25, -0.2) is 9.97 Å². The molecule has 7 aromatic carbocycles. The van der Waals surface area contributed by atoms with Crippen molar-refractivity contribution < 1.29 is 0 Å². The van der Waals surface area contributed by atoms with Crippen LogP contribution in [-0.4, -0.2) is 14.5 Å². The van der Waals surface area contributed by atoms with Gasteiger partial charge < -0.3 is 4.57 Å². The second kappa shape index (κ2) is 11.6. The fraction of sp³-hybridized carbons (Fsp3) is 0.0213. The molecule has 4 heteroatoms. The molecule has 0 saturated heterocycles. The van der Waals surface area contributed by atoms with E-state index in [1.54, 1.807) is 0 Å². The monoisotopic (exact) mass is 669 g/mol. The maximum atomic E-state index is 5.24. The molecule has 10 rings (SSSR count). The molecular formula is C47H31N3S. The lowest BCUT2D eigenvalue weighted by Crippen LogP contribution is -1.99. The van der Waals surface area contributed by atoms with Gasteiger partial charge in [0.15, 0.2) is 5.82 Å². The molecule has 0 fully saturated rings. The number of hydrogen-bond acceptors (Lipinski definition) is 3. The summed E-state index contributed by atoms with van der Waals surface area (Å²) >= 11 is 1.88. The lowest BCUT2D eigenvalue weighted by Gasteiger charge is -2.14. The molecule has 0 spiro atoms. The summed E-state index contributed by atoms with van der Waals surface area (Å²) in [6, 6.07) is 49.7. The van der Waals surface area contributed by atoms with Gasteiger partial charge in [0.25, 0.3) is 0 Å². The van der Waals surface area contributed by atoms with E-state index in [2.05, 4.69) is 152 Å². The van der Waals surface area contributed by atoms with Gasteiger partial charge in [0.05, 0.1) is 26.9 Å². The van der Waals surface area contributed by atoms with Gasteiger partial charge in [0.2, 0.25) is 0 Å². The second-order valence-corrected chi connectivity index (χ2v) is 14.1. The average Bonchev–Trinajstić information content (AvgIpc) is 3.75. The molecule has 0 unspecified atom stereocenters. The van der Waals surface area contributed by atoms with E-state index in [0.717, 1.165) is 33.4 Å². The molecule has 0 aliphatic heterocycles. The molecule has 0 aliphatic rings. The molecule has 0 aliphatic carbocycles. The van der Waals surface area contributed by atoms with Gasteiger partial charge in [-0.2, -0.15) is 0 Å². The van der Waals surface area contributed by atoms with Crippen molar-refractivity contribution in [2.75, 3.05) is 0 Å². The lowest BCUT2D eigenvalue weighted by atomic mass is 9.97. The number of rotatable bonds is 5. The summed E-state index contributed by atoms with van der Waals surface area (Å²) in [6.07, 6.45) is 6.01. The average molecular weight is 670 g/mol. The van der Waals surface area contributed by atoms with Gasteiger partial charge in [0, 0.05) is 48.4 Å². The van der Waals surface area contributed by atoms with Crippen LogP contribution in [-0.2, 0) is 0 Å². The van der Waals surface area contributed by atoms with Crippen LogP contribution in [0.25, 0.3) is 98.1 Å². The first kappa shape index (κ1) is 29.5.